The van der Waals surface area contributed by atoms with E-state index in [1.54, 1.807) is 0 Å². The zero-order valence-electron chi connectivity index (χ0n) is 21.6. The lowest BCUT2D eigenvalue weighted by atomic mass is 9.87. The van der Waals surface area contributed by atoms with Crippen LogP contribution in [0.25, 0.3) is 0 Å². The normalized spacial score (nSPS) is 17.1. The highest BCUT2D eigenvalue weighted by Gasteiger charge is 2.16. The van der Waals surface area contributed by atoms with Gasteiger partial charge in [-0.1, -0.05) is 96.1 Å². The second-order valence-corrected chi connectivity index (χ2v) is 11.1. The van der Waals surface area contributed by atoms with Crippen LogP contribution < -0.4 is 10.2 Å². The lowest BCUT2D eigenvalue weighted by Gasteiger charge is -2.19. The van der Waals surface area contributed by atoms with Gasteiger partial charge in [0.15, 0.2) is 0 Å². The van der Waals surface area contributed by atoms with Crippen molar-refractivity contribution in [3.05, 3.63) is 119 Å². The van der Waals surface area contributed by atoms with E-state index in [0.29, 0.717) is 0 Å². The standard InChI is InChI=1S/C31H40N2/c1-8-26(17-19-32-21-24-9-13-28(14-10-24)30(2,3)4)27-18-20-33(23-27)22-25-11-15-29(16-12-25)31(5,6)7/h8-20,23,32H,21-22H2,1-7H3/p+2/b19-17-,26-8+. The molecule has 2 heteroatoms. The Morgan fingerprint density at radius 1 is 0.818 bits per heavy atom. The van der Waals surface area contributed by atoms with E-state index in [9.17, 15) is 0 Å². The smallest absolute Gasteiger partial charge is 0.111 e. The van der Waals surface area contributed by atoms with Crippen LogP contribution in [-0.2, 0) is 23.9 Å². The minimum absolute atomic E-state index is 0.200. The molecule has 0 fully saturated rings. The molecule has 1 unspecified atom stereocenters. The summed E-state index contributed by atoms with van der Waals surface area (Å²) < 4.78 is 0. The molecule has 0 aromatic heterocycles. The first kappa shape index (κ1) is 25.0. The summed E-state index contributed by atoms with van der Waals surface area (Å²) in [6, 6.07) is 18.1. The van der Waals surface area contributed by atoms with Crippen LogP contribution >= 0.6 is 0 Å². The van der Waals surface area contributed by atoms with Gasteiger partial charge in [-0.15, -0.1) is 0 Å². The van der Waals surface area contributed by atoms with Gasteiger partial charge in [0.1, 0.15) is 19.3 Å². The van der Waals surface area contributed by atoms with Gasteiger partial charge < -0.3 is 5.32 Å². The summed E-state index contributed by atoms with van der Waals surface area (Å²) in [5, 5.41) is 2.25. The Labute approximate surface area is 201 Å². The van der Waals surface area contributed by atoms with Crippen molar-refractivity contribution >= 4 is 0 Å². The van der Waals surface area contributed by atoms with Crippen LogP contribution in [0.3, 0.4) is 0 Å². The average molecular weight is 443 g/mol. The Morgan fingerprint density at radius 3 is 1.88 bits per heavy atom. The van der Waals surface area contributed by atoms with Gasteiger partial charge in [0.05, 0.1) is 12.4 Å². The van der Waals surface area contributed by atoms with Gasteiger partial charge in [0, 0.05) is 22.8 Å². The van der Waals surface area contributed by atoms with Crippen molar-refractivity contribution in [1.29, 1.82) is 0 Å². The fraction of sp³-hybridized carbons (Fsp3) is 0.355. The highest BCUT2D eigenvalue weighted by molar-refractivity contribution is 5.45. The van der Waals surface area contributed by atoms with Gasteiger partial charge in [-0.2, -0.15) is 0 Å². The molecule has 0 amide bonds. The molecule has 3 N–H and O–H groups in total. The SMILES string of the molecule is C/C=C(\C=C/[NH2+]Cc1ccc(C(C)(C)C)cc1)C1=C[NH+](Cc2ccc(C(C)(C)C)cc2)C=C1. The number of allylic oxidation sites excluding steroid dienone is 5. The Hall–Kier alpha value is -2.68. The van der Waals surface area contributed by atoms with Gasteiger partial charge in [-0.05, 0) is 40.5 Å². The van der Waals surface area contributed by atoms with Crippen LogP contribution in [0.5, 0.6) is 0 Å². The van der Waals surface area contributed by atoms with Crippen molar-refractivity contribution in [3.8, 4) is 0 Å². The Kier molecular flexibility index (Phi) is 7.94. The second-order valence-electron chi connectivity index (χ2n) is 11.1. The largest absolute Gasteiger partial charge is 0.316 e. The molecule has 1 aliphatic rings. The minimum Gasteiger partial charge on any atom is -0.316 e. The molecule has 33 heavy (non-hydrogen) atoms. The number of benzene rings is 2. The highest BCUT2D eigenvalue weighted by Crippen LogP contribution is 2.23. The summed E-state index contributed by atoms with van der Waals surface area (Å²) in [6.45, 7) is 17.6. The van der Waals surface area contributed by atoms with Crippen LogP contribution in [0.2, 0.25) is 0 Å². The second kappa shape index (κ2) is 10.5. The molecule has 2 aromatic carbocycles. The first-order valence-electron chi connectivity index (χ1n) is 12.2. The molecule has 0 saturated heterocycles. The van der Waals surface area contributed by atoms with E-state index in [2.05, 4.69) is 139 Å². The van der Waals surface area contributed by atoms with Crippen LogP contribution in [0.4, 0.5) is 0 Å². The number of quaternary nitrogens is 2. The third kappa shape index (κ3) is 7.15. The third-order valence-electron chi connectivity index (χ3n) is 6.28. The maximum Gasteiger partial charge on any atom is 0.111 e. The molecular formula is C31H42N2+2. The minimum atomic E-state index is 0.200. The number of hydrogen-bond acceptors (Lipinski definition) is 0. The quantitative estimate of drug-likeness (QED) is 0.543. The van der Waals surface area contributed by atoms with Crippen molar-refractivity contribution in [1.82, 2.24) is 0 Å². The fourth-order valence-corrected chi connectivity index (χ4v) is 4.02. The lowest BCUT2D eigenvalue weighted by Crippen LogP contribution is -3.00. The summed E-state index contributed by atoms with van der Waals surface area (Å²) in [7, 11) is 0. The van der Waals surface area contributed by atoms with Crippen LogP contribution in [0.15, 0.2) is 96.5 Å². The fourth-order valence-electron chi connectivity index (χ4n) is 4.02. The molecule has 0 radical (unpaired) electrons. The highest BCUT2D eigenvalue weighted by atomic mass is 15.1. The van der Waals surface area contributed by atoms with Crippen LogP contribution in [-0.4, -0.2) is 0 Å². The topological polar surface area (TPSA) is 21.1 Å². The van der Waals surface area contributed by atoms with Crippen LogP contribution in [0.1, 0.15) is 70.7 Å². The number of hydrogen-bond donors (Lipinski definition) is 2. The maximum absolute atomic E-state index is 2.32. The van der Waals surface area contributed by atoms with Crippen molar-refractivity contribution in [2.24, 2.45) is 0 Å². The molecule has 1 aliphatic heterocycles. The van der Waals surface area contributed by atoms with E-state index >= 15 is 0 Å². The Morgan fingerprint density at radius 2 is 1.36 bits per heavy atom. The molecule has 0 aliphatic carbocycles. The molecule has 1 atom stereocenters. The van der Waals surface area contributed by atoms with E-state index in [1.165, 1.54) is 38.3 Å². The maximum atomic E-state index is 2.32. The molecule has 2 aromatic rings. The van der Waals surface area contributed by atoms with Crippen molar-refractivity contribution in [3.63, 3.8) is 0 Å². The predicted octanol–water partition coefficient (Wildman–Crippen LogP) is 5.30. The lowest BCUT2D eigenvalue weighted by molar-refractivity contribution is -0.803. The summed E-state index contributed by atoms with van der Waals surface area (Å²) in [5.74, 6) is 0. The van der Waals surface area contributed by atoms with Gasteiger partial charge in [-0.25, -0.2) is 0 Å². The zero-order chi connectivity index (χ0) is 24.1. The molecule has 3 rings (SSSR count). The first-order chi connectivity index (χ1) is 15.6. The van der Waals surface area contributed by atoms with Gasteiger partial charge in [-0.3, -0.25) is 4.90 Å². The summed E-state index contributed by atoms with van der Waals surface area (Å²) in [6.07, 6.45) is 13.4. The van der Waals surface area contributed by atoms with Crippen LogP contribution in [0, 0.1) is 0 Å². The van der Waals surface area contributed by atoms with Gasteiger partial charge >= 0.3 is 0 Å². The molecule has 0 bridgehead atoms. The average Bonchev–Trinajstić information content (AvgIpc) is 3.21. The predicted molar refractivity (Wildman–Crippen MR) is 141 cm³/mol. The van der Waals surface area contributed by atoms with Crippen molar-refractivity contribution < 1.29 is 10.2 Å². The van der Waals surface area contributed by atoms with Crippen molar-refractivity contribution in [2.45, 2.75) is 72.4 Å². The Balaban J connectivity index is 1.54. The van der Waals surface area contributed by atoms with Gasteiger partial charge in [0.25, 0.3) is 0 Å². The molecule has 0 saturated carbocycles. The van der Waals surface area contributed by atoms with Gasteiger partial charge in [0.2, 0.25) is 0 Å². The van der Waals surface area contributed by atoms with E-state index in [-0.39, 0.29) is 10.8 Å². The van der Waals surface area contributed by atoms with E-state index in [1.807, 2.05) is 0 Å². The molecular weight excluding hydrogens is 400 g/mol. The van der Waals surface area contributed by atoms with Crippen molar-refractivity contribution in [2.75, 3.05) is 0 Å². The molecule has 2 nitrogen and oxygen atoms in total. The first-order valence-corrected chi connectivity index (χ1v) is 12.2. The summed E-state index contributed by atoms with van der Waals surface area (Å²) >= 11 is 0. The number of nitrogens with one attached hydrogen (secondary N) is 1. The number of rotatable bonds is 7. The van der Waals surface area contributed by atoms with E-state index < -0.39 is 0 Å². The Bertz CT molecular complexity index is 1030. The van der Waals surface area contributed by atoms with E-state index in [0.717, 1.165) is 13.1 Å². The summed E-state index contributed by atoms with van der Waals surface area (Å²) in [4.78, 5) is 1.36. The monoisotopic (exact) mass is 442 g/mol. The zero-order valence-corrected chi connectivity index (χ0v) is 21.6. The van der Waals surface area contributed by atoms with E-state index in [4.69, 9.17) is 0 Å². The third-order valence-corrected chi connectivity index (χ3v) is 6.28. The molecule has 174 valence electrons. The summed E-state index contributed by atoms with van der Waals surface area (Å²) in [5.41, 5.74) is 8.45. The molecule has 0 spiro atoms. The molecule has 1 heterocycles. The number of nitrogens with two attached hydrogens (primary N) is 1.